The number of amides is 1. The van der Waals surface area contributed by atoms with Crippen LogP contribution in [0.3, 0.4) is 0 Å². The first-order valence-corrected chi connectivity index (χ1v) is 9.27. The van der Waals surface area contributed by atoms with E-state index in [2.05, 4.69) is 5.32 Å². The van der Waals surface area contributed by atoms with Gasteiger partial charge in [0.15, 0.2) is 0 Å². The van der Waals surface area contributed by atoms with Crippen molar-refractivity contribution in [3.63, 3.8) is 0 Å². The molecule has 0 spiro atoms. The Balaban J connectivity index is 2.01. The second kappa shape index (κ2) is 7.91. The van der Waals surface area contributed by atoms with Crippen molar-refractivity contribution in [1.29, 1.82) is 0 Å². The number of hydrogen-bond donors (Lipinski definition) is 1. The van der Waals surface area contributed by atoms with Crippen molar-refractivity contribution >= 4 is 5.91 Å². The van der Waals surface area contributed by atoms with E-state index in [1.54, 1.807) is 18.2 Å². The van der Waals surface area contributed by atoms with Gasteiger partial charge in [-0.15, -0.1) is 0 Å². The van der Waals surface area contributed by atoms with E-state index >= 15 is 0 Å². The molecule has 1 aliphatic rings. The van der Waals surface area contributed by atoms with Gasteiger partial charge in [0, 0.05) is 12.1 Å². The summed E-state index contributed by atoms with van der Waals surface area (Å²) in [7, 11) is 0. The lowest BCUT2D eigenvalue weighted by Gasteiger charge is -2.15. The number of nitrogens with one attached hydrogen (secondary N) is 1. The first-order valence-electron chi connectivity index (χ1n) is 9.27. The zero-order chi connectivity index (χ0) is 20.4. The van der Waals surface area contributed by atoms with Gasteiger partial charge in [0.2, 0.25) is 5.91 Å². The lowest BCUT2D eigenvalue weighted by atomic mass is 10.0. The van der Waals surface area contributed by atoms with Gasteiger partial charge in [0.25, 0.3) is 0 Å². The van der Waals surface area contributed by atoms with E-state index in [0.29, 0.717) is 11.5 Å². The largest absolute Gasteiger partial charge is 0.416 e. The molecule has 1 aliphatic carbocycles. The van der Waals surface area contributed by atoms with Crippen molar-refractivity contribution in [3.05, 3.63) is 59.7 Å². The average molecular weight is 379 g/mol. The summed E-state index contributed by atoms with van der Waals surface area (Å²) < 4.78 is 38.8. The summed E-state index contributed by atoms with van der Waals surface area (Å²) in [5.41, 5.74) is -0.0126. The van der Waals surface area contributed by atoms with E-state index < -0.39 is 11.7 Å². The maximum absolute atomic E-state index is 12.9. The molecule has 2 rings (SSSR count). The molecule has 0 bridgehead atoms. The Hall–Kier alpha value is -2.04. The topological polar surface area (TPSA) is 29.1 Å². The van der Waals surface area contributed by atoms with Crippen LogP contribution in [-0.4, -0.2) is 11.9 Å². The average Bonchev–Trinajstić information content (AvgIpc) is 3.11. The van der Waals surface area contributed by atoms with Gasteiger partial charge in [0.1, 0.15) is 0 Å². The quantitative estimate of drug-likeness (QED) is 0.497. The molecule has 0 saturated heterocycles. The third-order valence-electron chi connectivity index (χ3n) is 5.53. The van der Waals surface area contributed by atoms with Gasteiger partial charge in [-0.05, 0) is 41.7 Å². The van der Waals surface area contributed by atoms with Crippen molar-refractivity contribution in [2.24, 2.45) is 17.3 Å². The third kappa shape index (κ3) is 5.24. The van der Waals surface area contributed by atoms with E-state index in [-0.39, 0.29) is 29.2 Å². The summed E-state index contributed by atoms with van der Waals surface area (Å²) in [6, 6.07) is 5.67. The van der Waals surface area contributed by atoms with Gasteiger partial charge in [-0.2, -0.15) is 13.2 Å². The number of halogens is 3. The predicted octanol–water partition coefficient (Wildman–Crippen LogP) is 5.72. The van der Waals surface area contributed by atoms with Crippen LogP contribution in [0, 0.1) is 17.3 Å². The van der Waals surface area contributed by atoms with Gasteiger partial charge >= 0.3 is 6.18 Å². The molecule has 0 aliphatic heterocycles. The van der Waals surface area contributed by atoms with Gasteiger partial charge < -0.3 is 5.32 Å². The number of carbonyl (C=O) groups excluding carboxylic acids is 1. The van der Waals surface area contributed by atoms with Crippen LogP contribution in [0.25, 0.3) is 0 Å². The highest BCUT2D eigenvalue weighted by molar-refractivity contribution is 5.87. The minimum absolute atomic E-state index is 0.0410. The van der Waals surface area contributed by atoms with Crippen LogP contribution in [0.15, 0.2) is 48.6 Å². The van der Waals surface area contributed by atoms with Crippen LogP contribution in [0.5, 0.6) is 0 Å². The zero-order valence-corrected chi connectivity index (χ0v) is 16.5. The molecule has 1 N–H and O–H groups in total. The molecular weight excluding hydrogens is 351 g/mol. The highest BCUT2D eigenvalue weighted by Crippen LogP contribution is 2.65. The number of allylic oxidation sites excluding steroid dienone is 3. The Bertz CT molecular complexity index is 731. The number of benzene rings is 1. The molecule has 1 saturated carbocycles. The van der Waals surface area contributed by atoms with Crippen LogP contribution < -0.4 is 5.32 Å². The molecule has 2 nitrogen and oxygen atoms in total. The van der Waals surface area contributed by atoms with Gasteiger partial charge in [-0.25, -0.2) is 0 Å². The minimum atomic E-state index is -4.33. The number of hydrogen-bond acceptors (Lipinski definition) is 1. The monoisotopic (exact) mass is 379 g/mol. The normalized spacial score (nSPS) is 23.1. The molecular formula is C22H28F3NO. The Morgan fingerprint density at radius 2 is 1.85 bits per heavy atom. The van der Waals surface area contributed by atoms with Crippen molar-refractivity contribution < 1.29 is 18.0 Å². The molecule has 0 heterocycles. The number of alkyl halides is 3. The fourth-order valence-corrected chi connectivity index (χ4v) is 3.35. The molecule has 1 amide bonds. The van der Waals surface area contributed by atoms with E-state index in [1.165, 1.54) is 18.2 Å². The van der Waals surface area contributed by atoms with Crippen LogP contribution in [0.4, 0.5) is 13.2 Å². The smallest absolute Gasteiger partial charge is 0.350 e. The van der Waals surface area contributed by atoms with Crippen molar-refractivity contribution in [1.82, 2.24) is 5.32 Å². The highest BCUT2D eigenvalue weighted by atomic mass is 19.4. The first-order chi connectivity index (χ1) is 12.4. The molecule has 1 fully saturated rings. The van der Waals surface area contributed by atoms with E-state index in [9.17, 15) is 18.0 Å². The molecule has 27 heavy (non-hydrogen) atoms. The van der Waals surface area contributed by atoms with E-state index in [1.807, 2.05) is 40.7 Å². The third-order valence-corrected chi connectivity index (χ3v) is 5.53. The maximum atomic E-state index is 12.9. The van der Waals surface area contributed by atoms with Crippen LogP contribution in [-0.2, 0) is 11.0 Å². The first kappa shape index (κ1) is 21.3. The molecule has 5 heteroatoms. The Kier molecular flexibility index (Phi) is 6.23. The van der Waals surface area contributed by atoms with Gasteiger partial charge in [0.05, 0.1) is 5.56 Å². The lowest BCUT2D eigenvalue weighted by Crippen LogP contribution is -2.34. The molecule has 0 radical (unpaired) electrons. The van der Waals surface area contributed by atoms with Crippen molar-refractivity contribution in [2.45, 2.75) is 52.8 Å². The van der Waals surface area contributed by atoms with Crippen molar-refractivity contribution in [2.75, 3.05) is 0 Å². The number of carbonyl (C=O) groups is 1. The Labute approximate surface area is 159 Å². The number of rotatable bonds is 6. The van der Waals surface area contributed by atoms with Gasteiger partial charge in [-0.3, -0.25) is 4.79 Å². The Morgan fingerprint density at radius 3 is 2.44 bits per heavy atom. The molecule has 1 aromatic carbocycles. The highest BCUT2D eigenvalue weighted by Gasteiger charge is 2.56. The summed E-state index contributed by atoms with van der Waals surface area (Å²) >= 11 is 0. The fourth-order valence-electron chi connectivity index (χ4n) is 3.35. The minimum Gasteiger partial charge on any atom is -0.350 e. The fraction of sp³-hybridized carbons (Fsp3) is 0.500. The molecule has 3 atom stereocenters. The maximum Gasteiger partial charge on any atom is 0.416 e. The summed E-state index contributed by atoms with van der Waals surface area (Å²) in [4.78, 5) is 11.8. The summed E-state index contributed by atoms with van der Waals surface area (Å²) in [5.74, 6) is 0.395. The second-order valence-electron chi connectivity index (χ2n) is 8.23. The van der Waals surface area contributed by atoms with Gasteiger partial charge in [-0.1, -0.05) is 64.1 Å². The summed E-state index contributed by atoms with van der Waals surface area (Å²) in [5, 5.41) is 2.89. The second-order valence-corrected chi connectivity index (χ2v) is 8.23. The molecule has 0 aromatic heterocycles. The molecule has 1 aromatic rings. The van der Waals surface area contributed by atoms with Crippen molar-refractivity contribution in [3.8, 4) is 0 Å². The summed E-state index contributed by atoms with van der Waals surface area (Å²) in [6.07, 6.45) is 2.61. The summed E-state index contributed by atoms with van der Waals surface area (Å²) in [6.45, 7) is 10.1. The SMILES string of the molecule is CC(C)C(C)NC(=O)/C=C/C=C/[C@H]1[C@H](c2cccc(C(F)(F)F)c2)C1(C)C. The lowest BCUT2D eigenvalue weighted by molar-refractivity contribution is -0.137. The van der Waals surface area contributed by atoms with E-state index in [0.717, 1.165) is 6.07 Å². The van der Waals surface area contributed by atoms with Crippen LogP contribution in [0.1, 0.15) is 51.7 Å². The van der Waals surface area contributed by atoms with Crippen LogP contribution >= 0.6 is 0 Å². The standard InChI is InChI=1S/C22H28F3NO/c1-14(2)15(3)26-19(27)12-7-6-11-18-20(21(18,4)5)16-9-8-10-17(13-16)22(23,24)25/h6-15,18,20H,1-5H3,(H,26,27)/b11-6+,12-7+/t15?,18-,20-/m0/s1. The molecule has 148 valence electrons. The van der Waals surface area contributed by atoms with E-state index in [4.69, 9.17) is 0 Å². The molecule has 1 unspecified atom stereocenters. The van der Waals surface area contributed by atoms with Crippen LogP contribution in [0.2, 0.25) is 0 Å². The predicted molar refractivity (Wildman–Crippen MR) is 102 cm³/mol. The Morgan fingerprint density at radius 1 is 1.19 bits per heavy atom. The zero-order valence-electron chi connectivity index (χ0n) is 16.5.